The standard InChI is InChI=1S/C17H16FNO3/c1-21-15-9-14(10-16(11-15)22-2)19-17(20)8-5-12-3-6-13(18)7-4-12/h3-11H,1-2H3,(H,19,20)/b8-5+. The third kappa shape index (κ3) is 4.34. The topological polar surface area (TPSA) is 47.6 Å². The molecule has 22 heavy (non-hydrogen) atoms. The van der Waals surface area contributed by atoms with Gasteiger partial charge in [0, 0.05) is 30.0 Å². The molecule has 1 N–H and O–H groups in total. The fraction of sp³-hybridized carbons (Fsp3) is 0.118. The molecule has 0 atom stereocenters. The fourth-order valence-electron chi connectivity index (χ4n) is 1.81. The van der Waals surface area contributed by atoms with Gasteiger partial charge in [0.05, 0.1) is 14.2 Å². The van der Waals surface area contributed by atoms with Gasteiger partial charge in [0.15, 0.2) is 0 Å². The Hall–Kier alpha value is -2.82. The zero-order chi connectivity index (χ0) is 15.9. The van der Waals surface area contributed by atoms with Crippen molar-refractivity contribution in [3.63, 3.8) is 0 Å². The van der Waals surface area contributed by atoms with Gasteiger partial charge in [0.25, 0.3) is 0 Å². The first-order chi connectivity index (χ1) is 10.6. The predicted octanol–water partition coefficient (Wildman–Crippen LogP) is 3.49. The minimum atomic E-state index is -0.315. The second-order valence-corrected chi connectivity index (χ2v) is 4.48. The molecule has 0 spiro atoms. The number of carbonyl (C=O) groups excluding carboxylic acids is 1. The van der Waals surface area contributed by atoms with E-state index < -0.39 is 0 Å². The minimum absolute atomic E-state index is 0.306. The minimum Gasteiger partial charge on any atom is -0.497 e. The van der Waals surface area contributed by atoms with E-state index in [4.69, 9.17) is 9.47 Å². The lowest BCUT2D eigenvalue weighted by Gasteiger charge is -2.08. The van der Waals surface area contributed by atoms with Crippen molar-refractivity contribution in [3.8, 4) is 11.5 Å². The molecule has 4 nitrogen and oxygen atoms in total. The van der Waals surface area contributed by atoms with E-state index >= 15 is 0 Å². The zero-order valence-corrected chi connectivity index (χ0v) is 12.3. The van der Waals surface area contributed by atoms with E-state index in [2.05, 4.69) is 5.32 Å². The van der Waals surface area contributed by atoms with Crippen LogP contribution in [-0.4, -0.2) is 20.1 Å². The molecule has 0 saturated heterocycles. The molecule has 0 aliphatic rings. The molecule has 0 bridgehead atoms. The Morgan fingerprint density at radius 1 is 1.05 bits per heavy atom. The predicted molar refractivity (Wildman–Crippen MR) is 83.6 cm³/mol. The number of hydrogen-bond acceptors (Lipinski definition) is 3. The average Bonchev–Trinajstić information content (AvgIpc) is 2.54. The Morgan fingerprint density at radius 3 is 2.18 bits per heavy atom. The highest BCUT2D eigenvalue weighted by molar-refractivity contribution is 6.02. The fourth-order valence-corrected chi connectivity index (χ4v) is 1.81. The molecule has 0 heterocycles. The molecule has 2 aromatic carbocycles. The van der Waals surface area contributed by atoms with Crippen molar-refractivity contribution < 1.29 is 18.7 Å². The van der Waals surface area contributed by atoms with E-state index in [9.17, 15) is 9.18 Å². The van der Waals surface area contributed by atoms with Gasteiger partial charge in [-0.2, -0.15) is 0 Å². The molecule has 0 radical (unpaired) electrons. The maximum Gasteiger partial charge on any atom is 0.248 e. The first-order valence-electron chi connectivity index (χ1n) is 6.58. The van der Waals surface area contributed by atoms with Crippen molar-refractivity contribution >= 4 is 17.7 Å². The third-order valence-corrected chi connectivity index (χ3v) is 2.92. The lowest BCUT2D eigenvalue weighted by atomic mass is 10.2. The van der Waals surface area contributed by atoms with Gasteiger partial charge in [0.2, 0.25) is 5.91 Å². The summed E-state index contributed by atoms with van der Waals surface area (Å²) in [5.41, 5.74) is 1.30. The van der Waals surface area contributed by atoms with Crippen LogP contribution in [0.5, 0.6) is 11.5 Å². The van der Waals surface area contributed by atoms with Crippen LogP contribution in [0.3, 0.4) is 0 Å². The molecule has 2 aromatic rings. The van der Waals surface area contributed by atoms with Crippen molar-refractivity contribution in [1.29, 1.82) is 0 Å². The Morgan fingerprint density at radius 2 is 1.64 bits per heavy atom. The van der Waals surface area contributed by atoms with E-state index in [1.165, 1.54) is 32.4 Å². The summed E-state index contributed by atoms with van der Waals surface area (Å²) in [4.78, 5) is 11.9. The highest BCUT2D eigenvalue weighted by Gasteiger charge is 2.04. The summed E-state index contributed by atoms with van der Waals surface area (Å²) in [6.45, 7) is 0. The molecule has 5 heteroatoms. The molecule has 0 unspecified atom stereocenters. The van der Waals surface area contributed by atoms with E-state index in [-0.39, 0.29) is 11.7 Å². The number of ether oxygens (including phenoxy) is 2. The summed E-state index contributed by atoms with van der Waals surface area (Å²) in [7, 11) is 3.07. The van der Waals surface area contributed by atoms with Crippen LogP contribution in [0.2, 0.25) is 0 Å². The molecule has 114 valence electrons. The Balaban J connectivity index is 2.06. The second kappa shape index (κ2) is 7.26. The Labute approximate surface area is 128 Å². The van der Waals surface area contributed by atoms with Crippen LogP contribution in [0.25, 0.3) is 6.08 Å². The van der Waals surface area contributed by atoms with Crippen LogP contribution in [0.15, 0.2) is 48.5 Å². The van der Waals surface area contributed by atoms with Crippen LogP contribution in [0, 0.1) is 5.82 Å². The van der Waals surface area contributed by atoms with Crippen LogP contribution < -0.4 is 14.8 Å². The average molecular weight is 301 g/mol. The molecule has 0 fully saturated rings. The molecule has 1 amide bonds. The largest absolute Gasteiger partial charge is 0.497 e. The van der Waals surface area contributed by atoms with Crippen molar-refractivity contribution in [1.82, 2.24) is 0 Å². The number of anilines is 1. The van der Waals surface area contributed by atoms with E-state index in [0.717, 1.165) is 5.56 Å². The molecule has 0 aliphatic heterocycles. The van der Waals surface area contributed by atoms with Crippen molar-refractivity contribution in [2.45, 2.75) is 0 Å². The van der Waals surface area contributed by atoms with Crippen LogP contribution >= 0.6 is 0 Å². The van der Waals surface area contributed by atoms with Crippen molar-refractivity contribution in [3.05, 3.63) is 59.9 Å². The lowest BCUT2D eigenvalue weighted by molar-refractivity contribution is -0.111. The SMILES string of the molecule is COc1cc(NC(=O)/C=C/c2ccc(F)cc2)cc(OC)c1. The van der Waals surface area contributed by atoms with Crippen LogP contribution in [0.4, 0.5) is 10.1 Å². The summed E-state index contributed by atoms with van der Waals surface area (Å²) in [5.74, 6) is 0.541. The molecule has 0 aromatic heterocycles. The highest BCUT2D eigenvalue weighted by atomic mass is 19.1. The van der Waals surface area contributed by atoms with E-state index in [0.29, 0.717) is 17.2 Å². The summed E-state index contributed by atoms with van der Waals surface area (Å²) < 4.78 is 23.1. The molecule has 0 aliphatic carbocycles. The maximum atomic E-state index is 12.8. The van der Waals surface area contributed by atoms with E-state index in [1.807, 2.05) is 0 Å². The summed E-state index contributed by atoms with van der Waals surface area (Å²) in [5, 5.41) is 2.71. The zero-order valence-electron chi connectivity index (χ0n) is 12.3. The number of carbonyl (C=O) groups is 1. The van der Waals surface area contributed by atoms with Crippen LogP contribution in [0.1, 0.15) is 5.56 Å². The van der Waals surface area contributed by atoms with Gasteiger partial charge in [-0.1, -0.05) is 12.1 Å². The number of hydrogen-bond donors (Lipinski definition) is 1. The van der Waals surface area contributed by atoms with Gasteiger partial charge in [-0.3, -0.25) is 4.79 Å². The molecular weight excluding hydrogens is 285 g/mol. The summed E-state index contributed by atoms with van der Waals surface area (Å²) >= 11 is 0. The monoisotopic (exact) mass is 301 g/mol. The number of nitrogens with one attached hydrogen (secondary N) is 1. The Bertz CT molecular complexity index is 659. The normalized spacial score (nSPS) is 10.5. The van der Waals surface area contributed by atoms with Gasteiger partial charge in [-0.05, 0) is 23.8 Å². The summed E-state index contributed by atoms with van der Waals surface area (Å²) in [6.07, 6.45) is 2.98. The van der Waals surface area contributed by atoms with E-state index in [1.54, 1.807) is 36.4 Å². The molecule has 0 saturated carbocycles. The van der Waals surface area contributed by atoms with Gasteiger partial charge in [0.1, 0.15) is 17.3 Å². The number of methoxy groups -OCH3 is 2. The van der Waals surface area contributed by atoms with Crippen molar-refractivity contribution in [2.75, 3.05) is 19.5 Å². The quantitative estimate of drug-likeness (QED) is 0.860. The van der Waals surface area contributed by atoms with Crippen molar-refractivity contribution in [2.24, 2.45) is 0 Å². The third-order valence-electron chi connectivity index (χ3n) is 2.92. The first kappa shape index (κ1) is 15.6. The van der Waals surface area contributed by atoms with Gasteiger partial charge in [-0.15, -0.1) is 0 Å². The van der Waals surface area contributed by atoms with Gasteiger partial charge >= 0.3 is 0 Å². The number of halogens is 1. The molecule has 2 rings (SSSR count). The maximum absolute atomic E-state index is 12.8. The number of rotatable bonds is 5. The highest BCUT2D eigenvalue weighted by Crippen LogP contribution is 2.25. The smallest absolute Gasteiger partial charge is 0.248 e. The lowest BCUT2D eigenvalue weighted by Crippen LogP contribution is -2.08. The van der Waals surface area contributed by atoms with Gasteiger partial charge < -0.3 is 14.8 Å². The second-order valence-electron chi connectivity index (χ2n) is 4.48. The summed E-state index contributed by atoms with van der Waals surface area (Å²) in [6, 6.07) is 10.9. The number of amides is 1. The van der Waals surface area contributed by atoms with Gasteiger partial charge in [-0.25, -0.2) is 4.39 Å². The molecular formula is C17H16FNO3. The number of benzene rings is 2. The first-order valence-corrected chi connectivity index (χ1v) is 6.58. The van der Waals surface area contributed by atoms with Crippen LogP contribution in [-0.2, 0) is 4.79 Å². The Kier molecular flexibility index (Phi) is 5.14.